The van der Waals surface area contributed by atoms with E-state index in [-0.39, 0.29) is 24.0 Å². The lowest BCUT2D eigenvalue weighted by Crippen LogP contribution is -2.59. The van der Waals surface area contributed by atoms with Gasteiger partial charge in [0.2, 0.25) is 0 Å². The van der Waals surface area contributed by atoms with Crippen LogP contribution in [0, 0.1) is 0 Å². The van der Waals surface area contributed by atoms with Gasteiger partial charge in [0.05, 0.1) is 12.7 Å². The highest BCUT2D eigenvalue weighted by Gasteiger charge is 2.44. The molecular formula is C9H16ClNO3. The van der Waals surface area contributed by atoms with E-state index >= 15 is 0 Å². The van der Waals surface area contributed by atoms with Gasteiger partial charge in [-0.3, -0.25) is 0 Å². The summed E-state index contributed by atoms with van der Waals surface area (Å²) >= 11 is 0. The number of esters is 1. The summed E-state index contributed by atoms with van der Waals surface area (Å²) in [4.78, 5) is 11.2. The fourth-order valence-corrected chi connectivity index (χ4v) is 1.94. The molecule has 1 aliphatic heterocycles. The Morgan fingerprint density at radius 1 is 1.57 bits per heavy atom. The largest absolute Gasteiger partial charge is 0.467 e. The zero-order valence-corrected chi connectivity index (χ0v) is 9.06. The molecule has 82 valence electrons. The zero-order valence-electron chi connectivity index (χ0n) is 8.25. The van der Waals surface area contributed by atoms with Gasteiger partial charge in [0.15, 0.2) is 6.10 Å². The summed E-state index contributed by atoms with van der Waals surface area (Å²) in [5.74, 6) is -0.265. The average molecular weight is 222 g/mol. The molecular weight excluding hydrogens is 206 g/mol. The van der Waals surface area contributed by atoms with Gasteiger partial charge in [0, 0.05) is 13.1 Å². The molecule has 5 heteroatoms. The molecule has 1 aliphatic carbocycles. The lowest BCUT2D eigenvalue weighted by Gasteiger charge is -2.46. The molecule has 1 heterocycles. The molecule has 1 saturated heterocycles. The summed E-state index contributed by atoms with van der Waals surface area (Å²) in [6.45, 7) is 1.45. The Balaban J connectivity index is 0.000000980. The fourth-order valence-electron chi connectivity index (χ4n) is 1.94. The zero-order chi connectivity index (χ0) is 9.31. The summed E-state index contributed by atoms with van der Waals surface area (Å²) in [5.41, 5.74) is -0.0584. The predicted molar refractivity (Wildman–Crippen MR) is 53.6 cm³/mol. The molecule has 1 saturated carbocycles. The number of carbonyl (C=O) groups excluding carboxylic acids is 1. The van der Waals surface area contributed by atoms with Crippen LogP contribution in [-0.2, 0) is 14.3 Å². The predicted octanol–water partition coefficient (Wildman–Crippen LogP) is 0.492. The first-order valence-electron chi connectivity index (χ1n) is 4.72. The van der Waals surface area contributed by atoms with E-state index in [2.05, 4.69) is 10.1 Å². The molecule has 2 aliphatic rings. The first kappa shape index (κ1) is 11.8. The van der Waals surface area contributed by atoms with E-state index in [1.165, 1.54) is 13.5 Å². The topological polar surface area (TPSA) is 47.6 Å². The van der Waals surface area contributed by atoms with Crippen LogP contribution in [0.1, 0.15) is 19.3 Å². The van der Waals surface area contributed by atoms with E-state index < -0.39 is 6.10 Å². The SMILES string of the molecule is COC(=O)C1CNCC2(CCC2)O1.Cl. The second-order valence-corrected chi connectivity index (χ2v) is 3.80. The highest BCUT2D eigenvalue weighted by Crippen LogP contribution is 2.37. The molecule has 0 radical (unpaired) electrons. The van der Waals surface area contributed by atoms with E-state index in [9.17, 15) is 4.79 Å². The maximum atomic E-state index is 11.2. The summed E-state index contributed by atoms with van der Waals surface area (Å²) in [5, 5.41) is 3.22. The van der Waals surface area contributed by atoms with E-state index in [0.29, 0.717) is 6.54 Å². The van der Waals surface area contributed by atoms with Gasteiger partial charge < -0.3 is 14.8 Å². The van der Waals surface area contributed by atoms with Gasteiger partial charge in [0.1, 0.15) is 0 Å². The van der Waals surface area contributed by atoms with Crippen molar-refractivity contribution in [2.24, 2.45) is 0 Å². The Morgan fingerprint density at radius 2 is 2.29 bits per heavy atom. The third kappa shape index (κ3) is 2.02. The van der Waals surface area contributed by atoms with Crippen LogP contribution in [0.4, 0.5) is 0 Å². The number of morpholine rings is 1. The molecule has 14 heavy (non-hydrogen) atoms. The Kier molecular flexibility index (Phi) is 3.75. The van der Waals surface area contributed by atoms with Crippen molar-refractivity contribution in [3.8, 4) is 0 Å². The minimum Gasteiger partial charge on any atom is -0.467 e. The number of methoxy groups -OCH3 is 1. The standard InChI is InChI=1S/C9H15NO3.ClH/c1-12-8(11)7-5-10-6-9(13-7)3-2-4-9;/h7,10H,2-6H2,1H3;1H. The van der Waals surface area contributed by atoms with Crippen molar-refractivity contribution in [2.75, 3.05) is 20.2 Å². The van der Waals surface area contributed by atoms with Gasteiger partial charge in [-0.15, -0.1) is 12.4 Å². The highest BCUT2D eigenvalue weighted by atomic mass is 35.5. The molecule has 1 N–H and O–H groups in total. The molecule has 1 unspecified atom stereocenters. The van der Waals surface area contributed by atoms with E-state index in [1.54, 1.807) is 0 Å². The Bertz CT molecular complexity index is 218. The van der Waals surface area contributed by atoms with Gasteiger partial charge >= 0.3 is 5.97 Å². The second-order valence-electron chi connectivity index (χ2n) is 3.80. The van der Waals surface area contributed by atoms with E-state index in [4.69, 9.17) is 4.74 Å². The number of halogens is 1. The molecule has 0 aromatic heterocycles. The number of hydrogen-bond acceptors (Lipinski definition) is 4. The maximum absolute atomic E-state index is 11.2. The molecule has 2 rings (SSSR count). The lowest BCUT2D eigenvalue weighted by molar-refractivity contribution is -0.188. The van der Waals surface area contributed by atoms with Crippen LogP contribution in [0.15, 0.2) is 0 Å². The first-order chi connectivity index (χ1) is 6.26. The molecule has 0 aromatic rings. The molecule has 2 fully saturated rings. The van der Waals surface area contributed by atoms with E-state index in [1.807, 2.05) is 0 Å². The van der Waals surface area contributed by atoms with Crippen molar-refractivity contribution in [3.63, 3.8) is 0 Å². The van der Waals surface area contributed by atoms with Gasteiger partial charge in [-0.2, -0.15) is 0 Å². The van der Waals surface area contributed by atoms with Crippen molar-refractivity contribution in [1.29, 1.82) is 0 Å². The molecule has 0 amide bonds. The maximum Gasteiger partial charge on any atom is 0.336 e. The number of ether oxygens (including phenoxy) is 2. The minimum absolute atomic E-state index is 0. The molecule has 1 spiro atoms. The first-order valence-corrected chi connectivity index (χ1v) is 4.72. The number of rotatable bonds is 1. The second kappa shape index (κ2) is 4.47. The Labute approximate surface area is 89.7 Å². The van der Waals surface area contributed by atoms with Crippen LogP contribution in [0.25, 0.3) is 0 Å². The third-order valence-corrected chi connectivity index (χ3v) is 2.90. The van der Waals surface area contributed by atoms with Crippen molar-refractivity contribution in [3.05, 3.63) is 0 Å². The minimum atomic E-state index is -0.404. The van der Waals surface area contributed by atoms with Crippen LogP contribution in [0.2, 0.25) is 0 Å². The highest BCUT2D eigenvalue weighted by molar-refractivity contribution is 5.85. The van der Waals surface area contributed by atoms with E-state index in [0.717, 1.165) is 19.4 Å². The van der Waals surface area contributed by atoms with Gasteiger partial charge in [0.25, 0.3) is 0 Å². The molecule has 1 atom stereocenters. The van der Waals surface area contributed by atoms with Crippen LogP contribution < -0.4 is 5.32 Å². The van der Waals surface area contributed by atoms with Crippen LogP contribution in [0.3, 0.4) is 0 Å². The number of nitrogens with one attached hydrogen (secondary N) is 1. The summed E-state index contributed by atoms with van der Waals surface area (Å²) in [7, 11) is 1.40. The number of hydrogen-bond donors (Lipinski definition) is 1. The normalized spacial score (nSPS) is 28.8. The van der Waals surface area contributed by atoms with Crippen molar-refractivity contribution >= 4 is 18.4 Å². The van der Waals surface area contributed by atoms with Crippen molar-refractivity contribution in [1.82, 2.24) is 5.32 Å². The molecule has 0 aromatic carbocycles. The summed E-state index contributed by atoms with van der Waals surface area (Å²) in [6.07, 6.45) is 2.93. The van der Waals surface area contributed by atoms with Crippen LogP contribution >= 0.6 is 12.4 Å². The molecule has 4 nitrogen and oxygen atoms in total. The van der Waals surface area contributed by atoms with Gasteiger partial charge in [-0.25, -0.2) is 4.79 Å². The fraction of sp³-hybridized carbons (Fsp3) is 0.889. The van der Waals surface area contributed by atoms with Crippen molar-refractivity contribution in [2.45, 2.75) is 31.0 Å². The lowest BCUT2D eigenvalue weighted by atomic mass is 9.79. The van der Waals surface area contributed by atoms with Gasteiger partial charge in [-0.1, -0.05) is 0 Å². The van der Waals surface area contributed by atoms with Crippen LogP contribution in [0.5, 0.6) is 0 Å². The molecule has 0 bridgehead atoms. The quantitative estimate of drug-likeness (QED) is 0.655. The van der Waals surface area contributed by atoms with Gasteiger partial charge in [-0.05, 0) is 19.3 Å². The average Bonchev–Trinajstić information content (AvgIpc) is 2.14. The monoisotopic (exact) mass is 221 g/mol. The van der Waals surface area contributed by atoms with Crippen LogP contribution in [-0.4, -0.2) is 37.9 Å². The van der Waals surface area contributed by atoms with Crippen molar-refractivity contribution < 1.29 is 14.3 Å². The summed E-state index contributed by atoms with van der Waals surface area (Å²) in [6, 6.07) is 0. The Hall–Kier alpha value is -0.320. The Morgan fingerprint density at radius 3 is 2.79 bits per heavy atom. The summed E-state index contributed by atoms with van der Waals surface area (Å²) < 4.78 is 10.4. The number of carbonyl (C=O) groups is 1. The smallest absolute Gasteiger partial charge is 0.336 e. The third-order valence-electron chi connectivity index (χ3n) is 2.90.